The van der Waals surface area contributed by atoms with E-state index in [9.17, 15) is 0 Å². The molecule has 1 atom stereocenters. The standard InChI is InChI=1S/C12H17Cl2NO2/c1-8(12(16-2)17-3)15-7-9-4-10(13)6-11(14)5-9/h4-6,8,12,15H,7H2,1-3H3. The van der Waals surface area contributed by atoms with Gasteiger partial charge in [0.05, 0.1) is 6.04 Å². The number of methoxy groups -OCH3 is 2. The Hall–Kier alpha value is -0.320. The summed E-state index contributed by atoms with van der Waals surface area (Å²) in [5, 5.41) is 4.56. The van der Waals surface area contributed by atoms with E-state index in [-0.39, 0.29) is 12.3 Å². The van der Waals surface area contributed by atoms with E-state index in [1.165, 1.54) is 0 Å². The Morgan fingerprint density at radius 1 is 1.12 bits per heavy atom. The van der Waals surface area contributed by atoms with Crippen molar-refractivity contribution in [3.63, 3.8) is 0 Å². The van der Waals surface area contributed by atoms with Crippen molar-refractivity contribution in [1.82, 2.24) is 5.32 Å². The first-order valence-corrected chi connectivity index (χ1v) is 6.06. The fourth-order valence-corrected chi connectivity index (χ4v) is 2.16. The van der Waals surface area contributed by atoms with Crippen LogP contribution in [0.15, 0.2) is 18.2 Å². The molecule has 1 aromatic carbocycles. The van der Waals surface area contributed by atoms with Gasteiger partial charge in [-0.25, -0.2) is 0 Å². The van der Waals surface area contributed by atoms with E-state index < -0.39 is 0 Å². The van der Waals surface area contributed by atoms with Crippen LogP contribution in [0.4, 0.5) is 0 Å². The van der Waals surface area contributed by atoms with Gasteiger partial charge in [0.2, 0.25) is 0 Å². The third kappa shape index (κ3) is 4.82. The molecule has 0 aliphatic carbocycles. The van der Waals surface area contributed by atoms with Crippen LogP contribution in [-0.4, -0.2) is 26.6 Å². The van der Waals surface area contributed by atoms with Crippen molar-refractivity contribution in [3.8, 4) is 0 Å². The van der Waals surface area contributed by atoms with Crippen molar-refractivity contribution in [2.75, 3.05) is 14.2 Å². The van der Waals surface area contributed by atoms with E-state index in [1.807, 2.05) is 19.1 Å². The number of benzene rings is 1. The van der Waals surface area contributed by atoms with Crippen LogP contribution in [0.25, 0.3) is 0 Å². The van der Waals surface area contributed by atoms with Gasteiger partial charge in [0, 0.05) is 30.8 Å². The molecule has 1 N–H and O–H groups in total. The molecule has 0 amide bonds. The predicted molar refractivity (Wildman–Crippen MR) is 70.6 cm³/mol. The summed E-state index contributed by atoms with van der Waals surface area (Å²) in [5.41, 5.74) is 1.03. The van der Waals surface area contributed by atoms with Crippen LogP contribution in [-0.2, 0) is 16.0 Å². The Morgan fingerprint density at radius 2 is 1.65 bits per heavy atom. The number of halogens is 2. The predicted octanol–water partition coefficient (Wildman–Crippen LogP) is 3.09. The lowest BCUT2D eigenvalue weighted by atomic mass is 10.2. The fraction of sp³-hybridized carbons (Fsp3) is 0.500. The molecule has 0 saturated carbocycles. The van der Waals surface area contributed by atoms with Crippen LogP contribution in [0.5, 0.6) is 0 Å². The highest BCUT2D eigenvalue weighted by atomic mass is 35.5. The Kier molecular flexibility index (Phi) is 6.23. The molecule has 0 saturated heterocycles. The first kappa shape index (κ1) is 14.7. The molecule has 0 aromatic heterocycles. The number of nitrogens with one attached hydrogen (secondary N) is 1. The molecule has 96 valence electrons. The highest BCUT2D eigenvalue weighted by molar-refractivity contribution is 6.34. The van der Waals surface area contributed by atoms with E-state index in [1.54, 1.807) is 20.3 Å². The zero-order chi connectivity index (χ0) is 12.8. The Labute approximate surface area is 112 Å². The van der Waals surface area contributed by atoms with Crippen molar-refractivity contribution >= 4 is 23.2 Å². The summed E-state index contributed by atoms with van der Waals surface area (Å²) in [6.07, 6.45) is -0.273. The third-order valence-corrected chi connectivity index (χ3v) is 2.86. The molecule has 1 aromatic rings. The van der Waals surface area contributed by atoms with Crippen LogP contribution >= 0.6 is 23.2 Å². The third-order valence-electron chi connectivity index (χ3n) is 2.42. The fourth-order valence-electron chi connectivity index (χ4n) is 1.59. The van der Waals surface area contributed by atoms with Gasteiger partial charge in [-0.1, -0.05) is 23.2 Å². The minimum Gasteiger partial charge on any atom is -0.354 e. The molecule has 0 bridgehead atoms. The SMILES string of the molecule is COC(OC)C(C)NCc1cc(Cl)cc(Cl)c1. The van der Waals surface area contributed by atoms with Gasteiger partial charge < -0.3 is 14.8 Å². The molecular formula is C12H17Cl2NO2. The first-order chi connectivity index (χ1) is 8.06. The number of hydrogen-bond donors (Lipinski definition) is 1. The van der Waals surface area contributed by atoms with Crippen molar-refractivity contribution in [2.24, 2.45) is 0 Å². The molecule has 0 heterocycles. The minimum absolute atomic E-state index is 0.0720. The van der Waals surface area contributed by atoms with Gasteiger partial charge in [0.15, 0.2) is 6.29 Å². The lowest BCUT2D eigenvalue weighted by molar-refractivity contribution is -0.119. The van der Waals surface area contributed by atoms with Gasteiger partial charge in [-0.3, -0.25) is 0 Å². The van der Waals surface area contributed by atoms with Gasteiger partial charge >= 0.3 is 0 Å². The van der Waals surface area contributed by atoms with Crippen LogP contribution < -0.4 is 5.32 Å². The quantitative estimate of drug-likeness (QED) is 0.811. The topological polar surface area (TPSA) is 30.5 Å². The largest absolute Gasteiger partial charge is 0.354 e. The van der Waals surface area contributed by atoms with Gasteiger partial charge in [-0.15, -0.1) is 0 Å². The second-order valence-corrected chi connectivity index (χ2v) is 4.66. The van der Waals surface area contributed by atoms with Crippen molar-refractivity contribution in [2.45, 2.75) is 25.8 Å². The number of rotatable bonds is 6. The van der Waals surface area contributed by atoms with E-state index in [0.717, 1.165) is 5.56 Å². The normalized spacial score (nSPS) is 13.1. The van der Waals surface area contributed by atoms with Crippen LogP contribution in [0.2, 0.25) is 10.0 Å². The smallest absolute Gasteiger partial charge is 0.171 e. The summed E-state index contributed by atoms with van der Waals surface area (Å²) in [6, 6.07) is 5.54. The maximum absolute atomic E-state index is 5.92. The van der Waals surface area contributed by atoms with Gasteiger partial charge in [-0.2, -0.15) is 0 Å². The van der Waals surface area contributed by atoms with Crippen molar-refractivity contribution in [1.29, 1.82) is 0 Å². The molecule has 3 nitrogen and oxygen atoms in total. The molecule has 0 aliphatic rings. The van der Waals surface area contributed by atoms with Crippen LogP contribution in [0, 0.1) is 0 Å². The minimum atomic E-state index is -0.273. The van der Waals surface area contributed by atoms with E-state index in [4.69, 9.17) is 32.7 Å². The lowest BCUT2D eigenvalue weighted by Crippen LogP contribution is -2.39. The second kappa shape index (κ2) is 7.19. The summed E-state index contributed by atoms with van der Waals surface area (Å²) >= 11 is 11.8. The molecule has 0 aliphatic heterocycles. The number of hydrogen-bond acceptors (Lipinski definition) is 3. The Bertz CT molecular complexity index is 336. The molecule has 0 radical (unpaired) electrons. The molecule has 0 fully saturated rings. The van der Waals surface area contributed by atoms with Crippen molar-refractivity contribution < 1.29 is 9.47 Å². The highest BCUT2D eigenvalue weighted by Crippen LogP contribution is 2.19. The highest BCUT2D eigenvalue weighted by Gasteiger charge is 2.14. The van der Waals surface area contributed by atoms with Gasteiger partial charge in [0.1, 0.15) is 0 Å². The molecule has 0 spiro atoms. The van der Waals surface area contributed by atoms with Crippen LogP contribution in [0.1, 0.15) is 12.5 Å². The second-order valence-electron chi connectivity index (χ2n) is 3.79. The average molecular weight is 278 g/mol. The molecule has 1 rings (SSSR count). The Balaban J connectivity index is 2.55. The summed E-state index contributed by atoms with van der Waals surface area (Å²) in [7, 11) is 3.23. The maximum atomic E-state index is 5.92. The molecular weight excluding hydrogens is 261 g/mol. The number of ether oxygens (including phenoxy) is 2. The first-order valence-electron chi connectivity index (χ1n) is 5.30. The van der Waals surface area contributed by atoms with Gasteiger partial charge in [0.25, 0.3) is 0 Å². The zero-order valence-electron chi connectivity index (χ0n) is 10.2. The Morgan fingerprint density at radius 3 is 2.12 bits per heavy atom. The molecule has 17 heavy (non-hydrogen) atoms. The summed E-state index contributed by atoms with van der Waals surface area (Å²) in [6.45, 7) is 2.65. The van der Waals surface area contributed by atoms with E-state index >= 15 is 0 Å². The lowest BCUT2D eigenvalue weighted by Gasteiger charge is -2.22. The van der Waals surface area contributed by atoms with Crippen molar-refractivity contribution in [3.05, 3.63) is 33.8 Å². The zero-order valence-corrected chi connectivity index (χ0v) is 11.7. The van der Waals surface area contributed by atoms with E-state index in [2.05, 4.69) is 5.32 Å². The summed E-state index contributed by atoms with van der Waals surface area (Å²) in [4.78, 5) is 0. The molecule has 5 heteroatoms. The van der Waals surface area contributed by atoms with E-state index in [0.29, 0.717) is 16.6 Å². The van der Waals surface area contributed by atoms with Gasteiger partial charge in [-0.05, 0) is 30.7 Å². The summed E-state index contributed by atoms with van der Waals surface area (Å²) < 4.78 is 10.3. The maximum Gasteiger partial charge on any atom is 0.171 e. The van der Waals surface area contributed by atoms with Crippen LogP contribution in [0.3, 0.4) is 0 Å². The summed E-state index contributed by atoms with van der Waals surface area (Å²) in [5.74, 6) is 0. The molecule has 1 unspecified atom stereocenters. The average Bonchev–Trinajstić information content (AvgIpc) is 2.27. The monoisotopic (exact) mass is 277 g/mol.